The Morgan fingerprint density at radius 3 is 2.04 bits per heavy atom. The van der Waals surface area contributed by atoms with Crippen LogP contribution in [0.25, 0.3) is 0 Å². The molecule has 1 aliphatic heterocycles. The molecular weight excluding hydrogens is 314 g/mol. The summed E-state index contributed by atoms with van der Waals surface area (Å²) < 4.78 is 5.58. The molecule has 4 rings (SSSR count). The highest BCUT2D eigenvalue weighted by Crippen LogP contribution is 2.57. The van der Waals surface area contributed by atoms with E-state index >= 15 is 0 Å². The quantitative estimate of drug-likeness (QED) is 0.621. The molecule has 2 amide bonds. The van der Waals surface area contributed by atoms with Crippen LogP contribution in [0.1, 0.15) is 27.2 Å². The van der Waals surface area contributed by atoms with Gasteiger partial charge in [-0.2, -0.15) is 0 Å². The van der Waals surface area contributed by atoms with E-state index in [0.717, 1.165) is 12.2 Å². The van der Waals surface area contributed by atoms with Gasteiger partial charge in [0.2, 0.25) is 11.8 Å². The summed E-state index contributed by atoms with van der Waals surface area (Å²) in [4.78, 5) is 27.4. The lowest BCUT2D eigenvalue weighted by Gasteiger charge is -2.19. The van der Waals surface area contributed by atoms with Gasteiger partial charge in [-0.05, 0) is 44.5 Å². The molecule has 0 spiro atoms. The molecule has 1 heterocycles. The van der Waals surface area contributed by atoms with Crippen LogP contribution in [0.15, 0.2) is 47.6 Å². The third-order valence-electron chi connectivity index (χ3n) is 5.56. The number of hydrogen-bond donors (Lipinski definition) is 0. The fourth-order valence-corrected chi connectivity index (χ4v) is 4.60. The SMILES string of the molecule is CCCOc1ccc(N2C(=O)[C@H]3[C@H](C2=O)[C@H]2C=C[C@H]3C2=C(C)C)cc1. The van der Waals surface area contributed by atoms with Crippen LogP contribution in [-0.2, 0) is 9.59 Å². The van der Waals surface area contributed by atoms with Gasteiger partial charge in [-0.3, -0.25) is 9.59 Å². The second-order valence-corrected chi connectivity index (χ2v) is 7.30. The number of imide groups is 1. The molecule has 1 saturated heterocycles. The van der Waals surface area contributed by atoms with Crippen molar-refractivity contribution in [2.45, 2.75) is 27.2 Å². The molecule has 3 aliphatic rings. The Kier molecular flexibility index (Phi) is 3.78. The monoisotopic (exact) mass is 337 g/mol. The Bertz CT molecular complexity index is 752. The van der Waals surface area contributed by atoms with Crippen LogP contribution in [0.4, 0.5) is 5.69 Å². The predicted octanol–water partition coefficient (Wildman–Crippen LogP) is 3.73. The van der Waals surface area contributed by atoms with Crippen LogP contribution in [0.5, 0.6) is 5.75 Å². The molecule has 0 N–H and O–H groups in total. The molecule has 2 fully saturated rings. The zero-order valence-corrected chi connectivity index (χ0v) is 14.9. The van der Waals surface area contributed by atoms with Crippen molar-refractivity contribution in [2.75, 3.05) is 11.5 Å². The molecule has 1 aromatic carbocycles. The molecule has 2 aliphatic carbocycles. The summed E-state index contributed by atoms with van der Waals surface area (Å²) in [7, 11) is 0. The number of carbonyl (C=O) groups is 2. The van der Waals surface area contributed by atoms with Crippen LogP contribution >= 0.6 is 0 Å². The number of amides is 2. The summed E-state index contributed by atoms with van der Waals surface area (Å²) >= 11 is 0. The first-order valence-electron chi connectivity index (χ1n) is 9.01. The molecule has 130 valence electrons. The Labute approximate surface area is 148 Å². The van der Waals surface area contributed by atoms with Crippen molar-refractivity contribution in [2.24, 2.45) is 23.7 Å². The largest absolute Gasteiger partial charge is 0.494 e. The minimum Gasteiger partial charge on any atom is -0.494 e. The first kappa shape index (κ1) is 16.1. The van der Waals surface area contributed by atoms with Gasteiger partial charge in [0, 0.05) is 11.8 Å². The van der Waals surface area contributed by atoms with Crippen molar-refractivity contribution in [3.8, 4) is 5.75 Å². The van der Waals surface area contributed by atoms with Crippen LogP contribution in [0.3, 0.4) is 0 Å². The lowest BCUT2D eigenvalue weighted by molar-refractivity contribution is -0.122. The zero-order chi connectivity index (χ0) is 17.7. The minimum absolute atomic E-state index is 0.0622. The maximum atomic E-state index is 13.0. The third kappa shape index (κ3) is 2.27. The molecule has 1 saturated carbocycles. The van der Waals surface area contributed by atoms with Gasteiger partial charge >= 0.3 is 0 Å². The summed E-state index contributed by atoms with van der Waals surface area (Å²) in [6.45, 7) is 6.86. The molecule has 25 heavy (non-hydrogen) atoms. The van der Waals surface area contributed by atoms with E-state index in [2.05, 4.69) is 32.9 Å². The van der Waals surface area contributed by atoms with Crippen molar-refractivity contribution in [3.05, 3.63) is 47.6 Å². The summed E-state index contributed by atoms with van der Waals surface area (Å²) in [5.74, 6) is 0.355. The molecule has 0 unspecified atom stereocenters. The maximum absolute atomic E-state index is 13.0. The smallest absolute Gasteiger partial charge is 0.238 e. The van der Waals surface area contributed by atoms with Gasteiger partial charge in [-0.25, -0.2) is 4.90 Å². The van der Waals surface area contributed by atoms with Crippen LogP contribution in [-0.4, -0.2) is 18.4 Å². The average Bonchev–Trinajstić information content (AvgIpc) is 3.24. The average molecular weight is 337 g/mol. The van der Waals surface area contributed by atoms with E-state index in [9.17, 15) is 9.59 Å². The van der Waals surface area contributed by atoms with Gasteiger partial charge in [0.05, 0.1) is 24.1 Å². The molecular formula is C21H23NO3. The number of fused-ring (bicyclic) bond motifs is 5. The standard InChI is InChI=1S/C21H23NO3/c1-4-11-25-14-7-5-13(6-8-14)22-20(23)18-15-9-10-16(17(15)12(2)3)19(18)21(22)24/h5-10,15-16,18-19H,4,11H2,1-3H3/t15-,16-,18+,19+/m0/s1. The third-order valence-corrected chi connectivity index (χ3v) is 5.56. The zero-order valence-electron chi connectivity index (χ0n) is 14.9. The first-order chi connectivity index (χ1) is 12.0. The Morgan fingerprint density at radius 2 is 1.56 bits per heavy atom. The number of hydrogen-bond acceptors (Lipinski definition) is 3. The van der Waals surface area contributed by atoms with E-state index in [1.54, 1.807) is 12.1 Å². The van der Waals surface area contributed by atoms with Crippen molar-refractivity contribution < 1.29 is 14.3 Å². The molecule has 0 aromatic heterocycles. The van der Waals surface area contributed by atoms with E-state index in [0.29, 0.717) is 12.3 Å². The van der Waals surface area contributed by atoms with Crippen molar-refractivity contribution >= 4 is 17.5 Å². The van der Waals surface area contributed by atoms with Gasteiger partial charge < -0.3 is 4.74 Å². The predicted molar refractivity (Wildman–Crippen MR) is 96.2 cm³/mol. The number of carbonyl (C=O) groups excluding carboxylic acids is 2. The fourth-order valence-electron chi connectivity index (χ4n) is 4.60. The second-order valence-electron chi connectivity index (χ2n) is 7.30. The fraction of sp³-hybridized carbons (Fsp3) is 0.429. The lowest BCUT2D eigenvalue weighted by atomic mass is 9.85. The van der Waals surface area contributed by atoms with Gasteiger partial charge in [0.1, 0.15) is 5.75 Å². The summed E-state index contributed by atoms with van der Waals surface area (Å²) in [6, 6.07) is 7.26. The lowest BCUT2D eigenvalue weighted by Crippen LogP contribution is -2.33. The maximum Gasteiger partial charge on any atom is 0.238 e. The number of allylic oxidation sites excluding steroid dienone is 4. The molecule has 1 aromatic rings. The van der Waals surface area contributed by atoms with E-state index in [1.165, 1.54) is 16.0 Å². The number of ether oxygens (including phenoxy) is 1. The van der Waals surface area contributed by atoms with E-state index in [4.69, 9.17) is 4.74 Å². The second kappa shape index (κ2) is 5.87. The van der Waals surface area contributed by atoms with Gasteiger partial charge in [0.15, 0.2) is 0 Å². The van der Waals surface area contributed by atoms with Crippen molar-refractivity contribution in [1.29, 1.82) is 0 Å². The number of benzene rings is 1. The minimum atomic E-state index is -0.233. The van der Waals surface area contributed by atoms with Gasteiger partial charge in [-0.15, -0.1) is 0 Å². The molecule has 0 radical (unpaired) electrons. The van der Waals surface area contributed by atoms with Crippen LogP contribution in [0.2, 0.25) is 0 Å². The highest BCUT2D eigenvalue weighted by molar-refractivity contribution is 6.23. The van der Waals surface area contributed by atoms with E-state index in [-0.39, 0.29) is 35.5 Å². The topological polar surface area (TPSA) is 46.6 Å². The summed E-state index contributed by atoms with van der Waals surface area (Å²) in [6.07, 6.45) is 5.17. The molecule has 4 heteroatoms. The van der Waals surface area contributed by atoms with Crippen LogP contribution < -0.4 is 9.64 Å². The Morgan fingerprint density at radius 1 is 1.00 bits per heavy atom. The van der Waals surface area contributed by atoms with Gasteiger partial charge in [0.25, 0.3) is 0 Å². The van der Waals surface area contributed by atoms with Crippen molar-refractivity contribution in [3.63, 3.8) is 0 Å². The van der Waals surface area contributed by atoms with Gasteiger partial charge in [-0.1, -0.05) is 30.2 Å². The molecule has 4 atom stereocenters. The van der Waals surface area contributed by atoms with Crippen molar-refractivity contribution in [1.82, 2.24) is 0 Å². The highest BCUT2D eigenvalue weighted by Gasteiger charge is 2.61. The number of rotatable bonds is 4. The van der Waals surface area contributed by atoms with E-state index in [1.807, 2.05) is 12.1 Å². The molecule has 4 nitrogen and oxygen atoms in total. The summed E-state index contributed by atoms with van der Waals surface area (Å²) in [5.41, 5.74) is 3.16. The summed E-state index contributed by atoms with van der Waals surface area (Å²) in [5, 5.41) is 0. The first-order valence-corrected chi connectivity index (χ1v) is 9.01. The Hall–Kier alpha value is -2.36. The van der Waals surface area contributed by atoms with Crippen LogP contribution in [0, 0.1) is 23.7 Å². The Balaban J connectivity index is 1.62. The van der Waals surface area contributed by atoms with E-state index < -0.39 is 0 Å². The normalized spacial score (nSPS) is 29.6. The number of nitrogens with zero attached hydrogens (tertiary/aromatic N) is 1. The highest BCUT2D eigenvalue weighted by atomic mass is 16.5. The molecule has 2 bridgehead atoms. The number of anilines is 1.